The molecule has 0 spiro atoms. The normalized spacial score (nSPS) is 12.9. The van der Waals surface area contributed by atoms with E-state index >= 15 is 0 Å². The number of aromatic nitrogens is 4. The van der Waals surface area contributed by atoms with Crippen LogP contribution in [0, 0.1) is 24.5 Å². The topological polar surface area (TPSA) is 56.7 Å². The molecule has 0 fully saturated rings. The fourth-order valence-electron chi connectivity index (χ4n) is 8.66. The minimum Gasteiger partial charge on any atom is 0 e. The first-order valence-corrected chi connectivity index (χ1v) is 30.7. The fraction of sp³-hybridized carbons (Fsp3) is 0.317. The zero-order valence-electron chi connectivity index (χ0n) is 43.7. The van der Waals surface area contributed by atoms with Gasteiger partial charge in [0.05, 0.1) is 22.4 Å². The number of pyridine rings is 2. The summed E-state index contributed by atoms with van der Waals surface area (Å²) in [4.78, 5) is 14.6. The number of imidazole rings is 1. The molecular weight excluding hydrogens is 1060 g/mol. The summed E-state index contributed by atoms with van der Waals surface area (Å²) in [5.74, 6) is 8.37. The van der Waals surface area contributed by atoms with Gasteiger partial charge < -0.3 is 8.98 Å². The second-order valence-electron chi connectivity index (χ2n) is 21.5. The van der Waals surface area contributed by atoms with E-state index < -0.39 is 25.1 Å². The first-order chi connectivity index (χ1) is 31.9. The van der Waals surface area contributed by atoms with Crippen molar-refractivity contribution >= 4 is 50.8 Å². The summed E-state index contributed by atoms with van der Waals surface area (Å²) in [6, 6.07) is 47.0. The predicted molar refractivity (Wildman–Crippen MR) is 282 cm³/mol. The van der Waals surface area contributed by atoms with Gasteiger partial charge in [-0.1, -0.05) is 75.5 Å². The Morgan fingerprint density at radius 3 is 2.04 bits per heavy atom. The third-order valence-electron chi connectivity index (χ3n) is 12.1. The molecule has 0 amide bonds. The predicted octanol–water partition coefficient (Wildman–Crippen LogP) is 16.0. The van der Waals surface area contributed by atoms with Gasteiger partial charge in [0.2, 0.25) is 5.71 Å². The Hall–Kier alpha value is -5.14. The van der Waals surface area contributed by atoms with Crippen LogP contribution < -0.4 is 4.40 Å². The summed E-state index contributed by atoms with van der Waals surface area (Å²) in [6.45, 7) is 23.6. The van der Waals surface area contributed by atoms with Crippen molar-refractivity contribution < 1.29 is 27.3 Å². The van der Waals surface area contributed by atoms with Crippen LogP contribution in [0.3, 0.4) is 0 Å². The van der Waals surface area contributed by atoms with Crippen molar-refractivity contribution in [2.75, 3.05) is 0 Å². The molecule has 0 aliphatic carbocycles. The summed E-state index contributed by atoms with van der Waals surface area (Å²) in [5.41, 5.74) is 14.9. The van der Waals surface area contributed by atoms with E-state index in [4.69, 9.17) is 17.1 Å². The minimum absolute atomic E-state index is 0. The van der Waals surface area contributed by atoms with Crippen LogP contribution in [0.1, 0.15) is 112 Å². The summed E-state index contributed by atoms with van der Waals surface area (Å²) >= 11 is -2.29. The smallest absolute Gasteiger partial charge is 0 e. The molecule has 1 radical (unpaired) electrons. The Kier molecular flexibility index (Phi) is 13.6. The van der Waals surface area contributed by atoms with Crippen LogP contribution in [0.5, 0.6) is 0 Å². The summed E-state index contributed by atoms with van der Waals surface area (Å²) < 4.78 is 27.4. The van der Waals surface area contributed by atoms with E-state index in [-0.39, 0.29) is 25.5 Å². The number of aryl methyl sites for hydroxylation is 1. The fourth-order valence-corrected chi connectivity index (χ4v) is 11.6. The average molecular weight is 1130 g/mol. The van der Waals surface area contributed by atoms with Gasteiger partial charge in [0.25, 0.3) is 0 Å². The van der Waals surface area contributed by atoms with Crippen molar-refractivity contribution in [1.29, 1.82) is 0 Å². The number of nitrogens with zero attached hydrogens (tertiary/aromatic N) is 4. The van der Waals surface area contributed by atoms with Crippen molar-refractivity contribution in [2.45, 2.75) is 117 Å². The van der Waals surface area contributed by atoms with E-state index in [1.54, 1.807) is 0 Å². The number of hydrogen-bond acceptors (Lipinski definition) is 4. The second kappa shape index (κ2) is 19.5. The van der Waals surface area contributed by atoms with Crippen molar-refractivity contribution in [2.24, 2.45) is 5.41 Å². The minimum atomic E-state index is -2.29. The molecule has 0 unspecified atom stereocenters. The molecule has 4 aromatic heterocycles. The van der Waals surface area contributed by atoms with Crippen LogP contribution in [0.2, 0.25) is 17.3 Å². The second-order valence-corrected chi connectivity index (χ2v) is 32.0. The van der Waals surface area contributed by atoms with E-state index in [0.717, 1.165) is 65.7 Å². The van der Waals surface area contributed by atoms with E-state index in [9.17, 15) is 0 Å². The molecule has 347 valence electrons. The zero-order valence-corrected chi connectivity index (χ0v) is 46.2. The van der Waals surface area contributed by atoms with Gasteiger partial charge in [0, 0.05) is 36.9 Å². The van der Waals surface area contributed by atoms with Crippen LogP contribution >= 0.6 is 0 Å². The Balaban J connectivity index is 0.000000220. The Morgan fingerprint density at radius 1 is 0.731 bits per heavy atom. The van der Waals surface area contributed by atoms with Crippen LogP contribution in [0.25, 0.3) is 72.6 Å². The largest absolute Gasteiger partial charge is 0 e. The van der Waals surface area contributed by atoms with Crippen molar-refractivity contribution in [3.63, 3.8) is 0 Å². The van der Waals surface area contributed by atoms with Crippen molar-refractivity contribution in [3.05, 3.63) is 162 Å². The maximum Gasteiger partial charge on any atom is 0 e. The van der Waals surface area contributed by atoms with E-state index in [0.29, 0.717) is 17.5 Å². The maximum atomic E-state index is 8.90. The molecule has 5 aromatic carbocycles. The molecule has 67 heavy (non-hydrogen) atoms. The first-order valence-electron chi connectivity index (χ1n) is 24.4. The molecule has 9 rings (SSSR count). The van der Waals surface area contributed by atoms with Crippen molar-refractivity contribution in [1.82, 2.24) is 19.5 Å². The number of fused-ring (bicyclic) bond motifs is 4. The van der Waals surface area contributed by atoms with Gasteiger partial charge in [0.15, 0.2) is 0 Å². The van der Waals surface area contributed by atoms with Gasteiger partial charge in [-0.15, -0.1) is 23.8 Å². The van der Waals surface area contributed by atoms with E-state index in [2.05, 4.69) is 178 Å². The standard InChI is InChI=1S/C37H32N3O.C23H34GeN.Ir/c1-22(2)29-20-27(25-11-7-6-8-12-25)21-30(23(3)4)35(29)40-33-14-10-9-13-32(33)39-36(40)26-16-18-34-31(19-26)28-17-15-24(5)38-37(28)41-34;1-22(2,3)15-18-14-21(25-16-20(18)24(7,8)9)17-11-10-12-19(13-17)23(4,5)6;/h6-15,17-23H,1-5H3;10,12-14,16H,15H2,1-9H3;/q2*-1;/i;15D2;. The van der Waals surface area contributed by atoms with Gasteiger partial charge in [0.1, 0.15) is 0 Å². The van der Waals surface area contributed by atoms with Gasteiger partial charge in [-0.05, 0) is 77.4 Å². The molecule has 0 N–H and O–H groups in total. The molecular formula is C60H66GeIrN4O-2. The molecule has 0 bridgehead atoms. The Bertz CT molecular complexity index is 3270. The van der Waals surface area contributed by atoms with Crippen LogP contribution in [-0.2, 0) is 31.9 Å². The van der Waals surface area contributed by atoms with Gasteiger partial charge in [-0.2, -0.15) is 0 Å². The molecule has 0 aliphatic heterocycles. The van der Waals surface area contributed by atoms with Crippen LogP contribution in [0.15, 0.2) is 126 Å². The molecule has 9 aromatic rings. The Labute approximate surface area is 418 Å². The molecule has 0 atom stereocenters. The summed E-state index contributed by atoms with van der Waals surface area (Å²) in [5, 5.41) is 2.02. The third kappa shape index (κ3) is 10.8. The van der Waals surface area contributed by atoms with E-state index in [1.807, 2.05) is 58.2 Å². The number of rotatable bonds is 8. The number of hydrogen-bond donors (Lipinski definition) is 0. The summed E-state index contributed by atoms with van der Waals surface area (Å²) in [7, 11) is 0. The first kappa shape index (κ1) is 47.0. The van der Waals surface area contributed by atoms with Gasteiger partial charge >= 0.3 is 160 Å². The SMILES string of the molecule is Cc1ccc2c(n1)oc1c[c-]c(-c3nc4ccccc4n3-c3c(C(C)C)cc(-c4ccccc4)cc3C(C)C)cc12.[2H]C([2H])(c1cc(-c2[c-]ccc(C(C)(C)C)c2)nc[c]1[Ge]([CH3])([CH3])[CH3])C(C)(C)C.[Ir]. The molecule has 5 nitrogen and oxygen atoms in total. The number of benzene rings is 5. The summed E-state index contributed by atoms with van der Waals surface area (Å²) in [6.07, 6.45) is 0.506. The van der Waals surface area contributed by atoms with Gasteiger partial charge in [-0.25, -0.2) is 4.98 Å². The molecule has 0 saturated carbocycles. The quantitative estimate of drug-likeness (QED) is 0.112. The number of furan rings is 1. The average Bonchev–Trinajstić information content (AvgIpc) is 3.85. The monoisotopic (exact) mass is 1130 g/mol. The molecule has 7 heteroatoms. The third-order valence-corrected chi connectivity index (χ3v) is 16.3. The Morgan fingerprint density at radius 2 is 1.40 bits per heavy atom. The van der Waals surface area contributed by atoms with Gasteiger partial charge in [-0.3, -0.25) is 4.98 Å². The maximum absolute atomic E-state index is 8.90. The van der Waals surface area contributed by atoms with Crippen LogP contribution in [0.4, 0.5) is 0 Å². The van der Waals surface area contributed by atoms with E-state index in [1.165, 1.54) is 33.5 Å². The van der Waals surface area contributed by atoms with Crippen LogP contribution in [-0.4, -0.2) is 32.8 Å². The number of para-hydroxylation sites is 2. The molecule has 4 heterocycles. The molecule has 0 aliphatic rings. The zero-order chi connectivity index (χ0) is 49.1. The van der Waals surface area contributed by atoms with Crippen molar-refractivity contribution in [3.8, 4) is 39.5 Å². The molecule has 0 saturated heterocycles.